The SMILES string of the molecule is Cc1ccc(SCCC(=O)NCCSCCCO)cc1. The third kappa shape index (κ3) is 8.51. The second-order valence-electron chi connectivity index (χ2n) is 4.45. The van der Waals surface area contributed by atoms with Crippen LogP contribution in [-0.2, 0) is 4.79 Å². The molecule has 0 fully saturated rings. The number of hydrogen-bond acceptors (Lipinski definition) is 4. The van der Waals surface area contributed by atoms with E-state index in [2.05, 4.69) is 36.5 Å². The molecular weight excluding hydrogens is 290 g/mol. The van der Waals surface area contributed by atoms with Gasteiger partial charge < -0.3 is 10.4 Å². The fourth-order valence-electron chi connectivity index (χ4n) is 1.52. The smallest absolute Gasteiger partial charge is 0.220 e. The molecule has 0 saturated carbocycles. The van der Waals surface area contributed by atoms with Gasteiger partial charge in [-0.15, -0.1) is 11.8 Å². The maximum absolute atomic E-state index is 11.6. The molecule has 0 spiro atoms. The Morgan fingerprint density at radius 3 is 2.65 bits per heavy atom. The highest BCUT2D eigenvalue weighted by Gasteiger charge is 2.01. The van der Waals surface area contributed by atoms with Crippen LogP contribution in [0.3, 0.4) is 0 Å². The van der Waals surface area contributed by atoms with Gasteiger partial charge in [0, 0.05) is 36.0 Å². The van der Waals surface area contributed by atoms with Crippen molar-refractivity contribution in [3.63, 3.8) is 0 Å². The monoisotopic (exact) mass is 313 g/mol. The van der Waals surface area contributed by atoms with Crippen molar-refractivity contribution in [2.45, 2.75) is 24.7 Å². The quantitative estimate of drug-likeness (QED) is 0.515. The first-order chi connectivity index (χ1) is 9.72. The number of aliphatic hydroxyl groups excluding tert-OH is 1. The molecule has 0 aliphatic heterocycles. The summed E-state index contributed by atoms with van der Waals surface area (Å²) in [7, 11) is 0. The van der Waals surface area contributed by atoms with Gasteiger partial charge in [-0.2, -0.15) is 11.8 Å². The molecule has 0 aliphatic carbocycles. The molecule has 0 atom stereocenters. The molecule has 2 N–H and O–H groups in total. The largest absolute Gasteiger partial charge is 0.396 e. The predicted molar refractivity (Wildman–Crippen MR) is 88.6 cm³/mol. The lowest BCUT2D eigenvalue weighted by molar-refractivity contribution is -0.120. The van der Waals surface area contributed by atoms with E-state index in [1.165, 1.54) is 10.5 Å². The fraction of sp³-hybridized carbons (Fsp3) is 0.533. The maximum Gasteiger partial charge on any atom is 0.220 e. The van der Waals surface area contributed by atoms with Crippen LogP contribution in [0.2, 0.25) is 0 Å². The molecule has 112 valence electrons. The van der Waals surface area contributed by atoms with E-state index in [1.54, 1.807) is 23.5 Å². The molecule has 1 aromatic rings. The Bertz CT molecular complexity index is 382. The second-order valence-corrected chi connectivity index (χ2v) is 6.84. The number of hydrogen-bond donors (Lipinski definition) is 2. The highest BCUT2D eigenvalue weighted by Crippen LogP contribution is 2.18. The summed E-state index contributed by atoms with van der Waals surface area (Å²) in [5.41, 5.74) is 1.26. The molecule has 0 unspecified atom stereocenters. The summed E-state index contributed by atoms with van der Waals surface area (Å²) in [6, 6.07) is 8.36. The van der Waals surface area contributed by atoms with Crippen LogP contribution in [0.25, 0.3) is 0 Å². The molecule has 1 amide bonds. The van der Waals surface area contributed by atoms with Crippen LogP contribution in [0.1, 0.15) is 18.4 Å². The van der Waals surface area contributed by atoms with Gasteiger partial charge in [-0.1, -0.05) is 17.7 Å². The van der Waals surface area contributed by atoms with E-state index >= 15 is 0 Å². The predicted octanol–water partition coefficient (Wildman–Crippen LogP) is 2.71. The van der Waals surface area contributed by atoms with Crippen LogP contribution in [-0.4, -0.2) is 41.4 Å². The van der Waals surface area contributed by atoms with Crippen molar-refractivity contribution in [3.05, 3.63) is 29.8 Å². The van der Waals surface area contributed by atoms with Crippen LogP contribution in [0.15, 0.2) is 29.2 Å². The molecule has 0 bridgehead atoms. The summed E-state index contributed by atoms with van der Waals surface area (Å²) >= 11 is 3.48. The highest BCUT2D eigenvalue weighted by molar-refractivity contribution is 7.99. The van der Waals surface area contributed by atoms with E-state index in [-0.39, 0.29) is 12.5 Å². The van der Waals surface area contributed by atoms with E-state index < -0.39 is 0 Å². The Kier molecular flexibility index (Phi) is 9.62. The van der Waals surface area contributed by atoms with E-state index in [4.69, 9.17) is 5.11 Å². The normalized spacial score (nSPS) is 10.5. The minimum Gasteiger partial charge on any atom is -0.396 e. The van der Waals surface area contributed by atoms with Crippen molar-refractivity contribution in [3.8, 4) is 0 Å². The lowest BCUT2D eigenvalue weighted by Gasteiger charge is -2.05. The summed E-state index contributed by atoms with van der Waals surface area (Å²) in [5.74, 6) is 2.80. The first kappa shape index (κ1) is 17.4. The van der Waals surface area contributed by atoms with E-state index in [0.717, 1.165) is 23.7 Å². The second kappa shape index (κ2) is 11.1. The van der Waals surface area contributed by atoms with E-state index in [0.29, 0.717) is 13.0 Å². The van der Waals surface area contributed by atoms with Gasteiger partial charge in [-0.3, -0.25) is 4.79 Å². The number of nitrogens with one attached hydrogen (secondary N) is 1. The van der Waals surface area contributed by atoms with Crippen molar-refractivity contribution in [1.29, 1.82) is 0 Å². The summed E-state index contributed by atoms with van der Waals surface area (Å²) in [6.07, 6.45) is 1.38. The van der Waals surface area contributed by atoms with Crippen molar-refractivity contribution >= 4 is 29.4 Å². The number of benzene rings is 1. The standard InChI is InChI=1S/C15H23NO2S2/c1-13-3-5-14(6-4-13)20-11-7-15(18)16-8-12-19-10-2-9-17/h3-6,17H,2,7-12H2,1H3,(H,16,18). The Balaban J connectivity index is 2.01. The summed E-state index contributed by atoms with van der Waals surface area (Å²) in [5, 5.41) is 11.6. The molecule has 0 heterocycles. The highest BCUT2D eigenvalue weighted by atomic mass is 32.2. The third-order valence-electron chi connectivity index (χ3n) is 2.63. The van der Waals surface area contributed by atoms with E-state index in [1.807, 2.05) is 0 Å². The number of aliphatic hydroxyl groups is 1. The van der Waals surface area contributed by atoms with Gasteiger partial charge in [0.15, 0.2) is 0 Å². The molecule has 0 aromatic heterocycles. The summed E-state index contributed by atoms with van der Waals surface area (Å²) in [4.78, 5) is 12.8. The maximum atomic E-state index is 11.6. The van der Waals surface area contributed by atoms with Gasteiger partial charge in [0.25, 0.3) is 0 Å². The number of carbonyl (C=O) groups is 1. The lowest BCUT2D eigenvalue weighted by Crippen LogP contribution is -2.26. The van der Waals surface area contributed by atoms with Gasteiger partial charge in [0.05, 0.1) is 0 Å². The zero-order valence-electron chi connectivity index (χ0n) is 11.9. The molecule has 0 saturated heterocycles. The molecule has 0 radical (unpaired) electrons. The zero-order valence-corrected chi connectivity index (χ0v) is 13.6. The Hall–Kier alpha value is -0.650. The number of amides is 1. The van der Waals surface area contributed by atoms with Gasteiger partial charge in [0.2, 0.25) is 5.91 Å². The number of rotatable bonds is 10. The Morgan fingerprint density at radius 1 is 1.20 bits per heavy atom. The van der Waals surface area contributed by atoms with Gasteiger partial charge in [-0.05, 0) is 31.2 Å². The van der Waals surface area contributed by atoms with Crippen LogP contribution in [0.4, 0.5) is 0 Å². The van der Waals surface area contributed by atoms with Crippen molar-refractivity contribution in [2.75, 3.05) is 30.4 Å². The molecule has 3 nitrogen and oxygen atoms in total. The molecule has 0 aliphatic rings. The van der Waals surface area contributed by atoms with Crippen LogP contribution in [0, 0.1) is 6.92 Å². The Labute approximate surface area is 129 Å². The third-order valence-corrected chi connectivity index (χ3v) is 4.72. The lowest BCUT2D eigenvalue weighted by atomic mass is 10.2. The van der Waals surface area contributed by atoms with Crippen LogP contribution < -0.4 is 5.32 Å². The van der Waals surface area contributed by atoms with Gasteiger partial charge >= 0.3 is 0 Å². The van der Waals surface area contributed by atoms with Crippen molar-refractivity contribution < 1.29 is 9.90 Å². The topological polar surface area (TPSA) is 49.3 Å². The van der Waals surface area contributed by atoms with Gasteiger partial charge in [-0.25, -0.2) is 0 Å². The minimum absolute atomic E-state index is 0.118. The van der Waals surface area contributed by atoms with Crippen molar-refractivity contribution in [1.82, 2.24) is 5.32 Å². The van der Waals surface area contributed by atoms with Gasteiger partial charge in [0.1, 0.15) is 0 Å². The summed E-state index contributed by atoms with van der Waals surface area (Å²) in [6.45, 7) is 3.03. The average Bonchev–Trinajstić information content (AvgIpc) is 2.45. The average molecular weight is 313 g/mol. The molecule has 1 rings (SSSR count). The first-order valence-corrected chi connectivity index (χ1v) is 9.01. The van der Waals surface area contributed by atoms with Crippen molar-refractivity contribution in [2.24, 2.45) is 0 Å². The number of aryl methyl sites for hydroxylation is 1. The molecular formula is C15H23NO2S2. The Morgan fingerprint density at radius 2 is 1.95 bits per heavy atom. The number of thioether (sulfide) groups is 2. The molecule has 20 heavy (non-hydrogen) atoms. The number of carbonyl (C=O) groups excluding carboxylic acids is 1. The van der Waals surface area contributed by atoms with Crippen LogP contribution in [0.5, 0.6) is 0 Å². The molecule has 5 heteroatoms. The first-order valence-electron chi connectivity index (χ1n) is 6.87. The summed E-state index contributed by atoms with van der Waals surface area (Å²) < 4.78 is 0. The minimum atomic E-state index is 0.118. The van der Waals surface area contributed by atoms with E-state index in [9.17, 15) is 4.79 Å². The fourth-order valence-corrected chi connectivity index (χ4v) is 3.15. The zero-order chi connectivity index (χ0) is 14.6. The molecule has 1 aromatic carbocycles. The van der Waals surface area contributed by atoms with Crippen LogP contribution >= 0.6 is 23.5 Å².